The van der Waals surface area contributed by atoms with Gasteiger partial charge < -0.3 is 10.8 Å². The zero-order valence-corrected chi connectivity index (χ0v) is 11.6. The maximum absolute atomic E-state index is 10.8. The largest absolute Gasteiger partial charge is 0.383 e. The van der Waals surface area contributed by atoms with E-state index in [-0.39, 0.29) is 6.54 Å². The molecule has 2 nitrogen and oxygen atoms in total. The minimum atomic E-state index is -0.999. The quantitative estimate of drug-likeness (QED) is 0.882. The molecule has 0 aliphatic rings. The molecule has 0 bridgehead atoms. The highest BCUT2D eigenvalue weighted by Gasteiger charge is 2.27. The number of aliphatic hydroxyl groups is 1. The summed E-state index contributed by atoms with van der Waals surface area (Å²) in [4.78, 5) is 0. The first kappa shape index (κ1) is 13.8. The lowest BCUT2D eigenvalue weighted by Crippen LogP contribution is -2.37. The number of rotatable bonds is 4. The summed E-state index contributed by atoms with van der Waals surface area (Å²) >= 11 is 0. The van der Waals surface area contributed by atoms with Gasteiger partial charge in [-0.3, -0.25) is 0 Å². The van der Waals surface area contributed by atoms with Crippen molar-refractivity contribution in [3.63, 3.8) is 0 Å². The summed E-state index contributed by atoms with van der Waals surface area (Å²) in [6.07, 6.45) is 0.538. The monoisotopic (exact) mass is 255 g/mol. The summed E-state index contributed by atoms with van der Waals surface area (Å²) in [5.41, 5.74) is 9.23. The summed E-state index contributed by atoms with van der Waals surface area (Å²) in [5, 5.41) is 10.8. The smallest absolute Gasteiger partial charge is 0.106 e. The van der Waals surface area contributed by atoms with Gasteiger partial charge in [-0.15, -0.1) is 0 Å². The fourth-order valence-electron chi connectivity index (χ4n) is 2.55. The van der Waals surface area contributed by atoms with E-state index >= 15 is 0 Å². The molecule has 0 saturated carbocycles. The Morgan fingerprint density at radius 2 is 1.58 bits per heavy atom. The maximum Gasteiger partial charge on any atom is 0.106 e. The van der Waals surface area contributed by atoms with Crippen LogP contribution in [0, 0.1) is 13.8 Å². The Morgan fingerprint density at radius 3 is 2.11 bits per heavy atom. The molecule has 0 spiro atoms. The molecule has 0 aromatic heterocycles. The molecule has 0 aliphatic heterocycles. The molecule has 2 rings (SSSR count). The molecule has 1 atom stereocenters. The molecule has 100 valence electrons. The molecular formula is C17H21NO. The van der Waals surface area contributed by atoms with Gasteiger partial charge in [-0.25, -0.2) is 0 Å². The molecule has 3 N–H and O–H groups in total. The van der Waals surface area contributed by atoms with Crippen molar-refractivity contribution in [2.24, 2.45) is 5.73 Å². The Kier molecular flexibility index (Phi) is 4.03. The van der Waals surface area contributed by atoms with E-state index in [2.05, 4.69) is 32.0 Å². The van der Waals surface area contributed by atoms with Crippen molar-refractivity contribution in [1.82, 2.24) is 0 Å². The van der Waals surface area contributed by atoms with Crippen LogP contribution in [0.5, 0.6) is 0 Å². The second-order valence-corrected chi connectivity index (χ2v) is 5.27. The molecule has 0 aliphatic carbocycles. The van der Waals surface area contributed by atoms with E-state index in [1.165, 1.54) is 11.1 Å². The number of nitrogens with two attached hydrogens (primary N) is 1. The van der Waals surface area contributed by atoms with Gasteiger partial charge in [0.05, 0.1) is 0 Å². The van der Waals surface area contributed by atoms with Gasteiger partial charge in [0.15, 0.2) is 0 Å². The molecule has 2 heteroatoms. The third-order valence-corrected chi connectivity index (χ3v) is 3.43. The van der Waals surface area contributed by atoms with Gasteiger partial charge in [0.25, 0.3) is 0 Å². The highest BCUT2D eigenvalue weighted by Crippen LogP contribution is 2.25. The highest BCUT2D eigenvalue weighted by atomic mass is 16.3. The fraction of sp³-hybridized carbons (Fsp3) is 0.294. The minimum absolute atomic E-state index is 0.212. The zero-order chi connectivity index (χ0) is 13.9. The van der Waals surface area contributed by atoms with Crippen molar-refractivity contribution in [3.8, 4) is 0 Å². The lowest BCUT2D eigenvalue weighted by molar-refractivity contribution is 0.0463. The van der Waals surface area contributed by atoms with Crippen molar-refractivity contribution in [1.29, 1.82) is 0 Å². The predicted molar refractivity (Wildman–Crippen MR) is 79.0 cm³/mol. The second kappa shape index (κ2) is 5.55. The minimum Gasteiger partial charge on any atom is -0.383 e. The van der Waals surface area contributed by atoms with Crippen molar-refractivity contribution in [2.75, 3.05) is 6.54 Å². The third kappa shape index (κ3) is 3.22. The molecule has 0 amide bonds. The van der Waals surface area contributed by atoms with Crippen LogP contribution in [-0.4, -0.2) is 11.7 Å². The summed E-state index contributed by atoms with van der Waals surface area (Å²) in [6, 6.07) is 16.0. The van der Waals surface area contributed by atoms with Crippen LogP contribution in [0.4, 0.5) is 0 Å². The van der Waals surface area contributed by atoms with E-state index in [1.807, 2.05) is 30.3 Å². The van der Waals surface area contributed by atoms with Crippen LogP contribution in [0.25, 0.3) is 0 Å². The molecule has 0 heterocycles. The van der Waals surface area contributed by atoms with E-state index < -0.39 is 5.60 Å². The number of benzene rings is 2. The Balaban J connectivity index is 2.33. The second-order valence-electron chi connectivity index (χ2n) is 5.27. The fourth-order valence-corrected chi connectivity index (χ4v) is 2.55. The lowest BCUT2D eigenvalue weighted by Gasteiger charge is -2.27. The summed E-state index contributed by atoms with van der Waals surface area (Å²) in [7, 11) is 0. The van der Waals surface area contributed by atoms with E-state index in [9.17, 15) is 5.11 Å². The average molecular weight is 255 g/mol. The molecule has 1 unspecified atom stereocenters. The van der Waals surface area contributed by atoms with Gasteiger partial charge in [-0.1, -0.05) is 59.7 Å². The van der Waals surface area contributed by atoms with Crippen LogP contribution in [0.1, 0.15) is 22.3 Å². The van der Waals surface area contributed by atoms with E-state index in [0.717, 1.165) is 11.1 Å². The molecular weight excluding hydrogens is 234 g/mol. The van der Waals surface area contributed by atoms with Gasteiger partial charge in [0.2, 0.25) is 0 Å². The van der Waals surface area contributed by atoms with Crippen molar-refractivity contribution in [3.05, 3.63) is 70.8 Å². The third-order valence-electron chi connectivity index (χ3n) is 3.43. The molecule has 0 fully saturated rings. The Bertz CT molecular complexity index is 530. The van der Waals surface area contributed by atoms with Crippen LogP contribution < -0.4 is 5.73 Å². The highest BCUT2D eigenvalue weighted by molar-refractivity contribution is 5.32. The summed E-state index contributed by atoms with van der Waals surface area (Å²) < 4.78 is 0. The standard InChI is InChI=1S/C17H21NO/c1-13-8-14(2)10-15(9-13)11-17(19,12-18)16-6-4-3-5-7-16/h3-10,19H,11-12,18H2,1-2H3. The first-order chi connectivity index (χ1) is 9.03. The first-order valence-electron chi connectivity index (χ1n) is 6.59. The summed E-state index contributed by atoms with van der Waals surface area (Å²) in [5.74, 6) is 0. The summed E-state index contributed by atoms with van der Waals surface area (Å²) in [6.45, 7) is 4.35. The van der Waals surface area contributed by atoms with Crippen LogP contribution in [0.3, 0.4) is 0 Å². The van der Waals surface area contributed by atoms with Gasteiger partial charge in [-0.05, 0) is 25.0 Å². The Labute approximate surface area is 114 Å². The van der Waals surface area contributed by atoms with Crippen LogP contribution in [0.15, 0.2) is 48.5 Å². The van der Waals surface area contributed by atoms with Gasteiger partial charge in [-0.2, -0.15) is 0 Å². The van der Waals surface area contributed by atoms with Crippen molar-refractivity contribution in [2.45, 2.75) is 25.9 Å². The van der Waals surface area contributed by atoms with Crippen LogP contribution >= 0.6 is 0 Å². The zero-order valence-electron chi connectivity index (χ0n) is 11.6. The molecule has 19 heavy (non-hydrogen) atoms. The SMILES string of the molecule is Cc1cc(C)cc(CC(O)(CN)c2ccccc2)c1. The van der Waals surface area contributed by atoms with E-state index in [0.29, 0.717) is 6.42 Å². The van der Waals surface area contributed by atoms with Gasteiger partial charge in [0, 0.05) is 13.0 Å². The normalized spacial score (nSPS) is 14.1. The molecule has 2 aromatic carbocycles. The van der Waals surface area contributed by atoms with Gasteiger partial charge >= 0.3 is 0 Å². The number of hydrogen-bond donors (Lipinski definition) is 2. The molecule has 0 radical (unpaired) electrons. The van der Waals surface area contributed by atoms with Crippen molar-refractivity contribution >= 4 is 0 Å². The topological polar surface area (TPSA) is 46.2 Å². The van der Waals surface area contributed by atoms with E-state index in [1.54, 1.807) is 0 Å². The van der Waals surface area contributed by atoms with Crippen LogP contribution in [0.2, 0.25) is 0 Å². The van der Waals surface area contributed by atoms with Crippen LogP contribution in [-0.2, 0) is 12.0 Å². The first-order valence-corrected chi connectivity index (χ1v) is 6.59. The van der Waals surface area contributed by atoms with E-state index in [4.69, 9.17) is 5.73 Å². The number of aryl methyl sites for hydroxylation is 2. The van der Waals surface area contributed by atoms with Gasteiger partial charge in [0.1, 0.15) is 5.60 Å². The Morgan fingerprint density at radius 1 is 1.00 bits per heavy atom. The maximum atomic E-state index is 10.8. The Hall–Kier alpha value is -1.64. The van der Waals surface area contributed by atoms with Crippen molar-refractivity contribution < 1.29 is 5.11 Å². The lowest BCUT2D eigenvalue weighted by atomic mass is 9.86. The number of hydrogen-bond acceptors (Lipinski definition) is 2. The average Bonchev–Trinajstić information content (AvgIpc) is 2.38. The predicted octanol–water partition coefficient (Wildman–Crippen LogP) is 2.69. The molecule has 2 aromatic rings. The molecule has 0 saturated heterocycles.